The lowest BCUT2D eigenvalue weighted by molar-refractivity contribution is -0.135. The van der Waals surface area contributed by atoms with E-state index in [1.807, 2.05) is 12.1 Å². The Labute approximate surface area is 119 Å². The zero-order valence-electron chi connectivity index (χ0n) is 11.9. The summed E-state index contributed by atoms with van der Waals surface area (Å²) in [6, 6.07) is 3.62. The molecular weight excluding hydrogens is 278 g/mol. The number of amides is 1. The first kappa shape index (κ1) is 15.1. The lowest BCUT2D eigenvalue weighted by atomic mass is 9.91. The summed E-state index contributed by atoms with van der Waals surface area (Å²) in [5.74, 6) is 1.11. The summed E-state index contributed by atoms with van der Waals surface area (Å²) in [5.41, 5.74) is 0. The Morgan fingerprint density at radius 3 is 2.85 bits per heavy atom. The number of furan rings is 1. The minimum atomic E-state index is -3.11. The minimum Gasteiger partial charge on any atom is -0.467 e. The van der Waals surface area contributed by atoms with Crippen LogP contribution in [-0.4, -0.2) is 37.8 Å². The molecule has 1 aromatic heterocycles. The van der Waals surface area contributed by atoms with Crippen LogP contribution >= 0.6 is 0 Å². The summed E-state index contributed by atoms with van der Waals surface area (Å²) in [6.45, 7) is 2.82. The van der Waals surface area contributed by atoms with Crippen molar-refractivity contribution in [3.63, 3.8) is 0 Å². The molecule has 0 aliphatic carbocycles. The van der Waals surface area contributed by atoms with Gasteiger partial charge in [-0.3, -0.25) is 4.79 Å². The van der Waals surface area contributed by atoms with Crippen LogP contribution in [0, 0.1) is 5.92 Å². The van der Waals surface area contributed by atoms with Gasteiger partial charge in [-0.05, 0) is 30.9 Å². The van der Waals surface area contributed by atoms with Gasteiger partial charge in [0.1, 0.15) is 15.6 Å². The normalized spacial score (nSPS) is 23.8. The molecule has 112 valence electrons. The van der Waals surface area contributed by atoms with Crippen molar-refractivity contribution in [2.24, 2.45) is 5.92 Å². The summed E-state index contributed by atoms with van der Waals surface area (Å²) < 4.78 is 27.8. The smallest absolute Gasteiger partial charge is 0.224 e. The van der Waals surface area contributed by atoms with Gasteiger partial charge in [-0.25, -0.2) is 8.42 Å². The molecule has 0 bridgehead atoms. The van der Waals surface area contributed by atoms with Crippen molar-refractivity contribution in [3.8, 4) is 0 Å². The van der Waals surface area contributed by atoms with E-state index in [0.29, 0.717) is 12.5 Å². The second-order valence-electron chi connectivity index (χ2n) is 5.63. The summed E-state index contributed by atoms with van der Waals surface area (Å²) >= 11 is 0. The molecule has 1 saturated heterocycles. The van der Waals surface area contributed by atoms with E-state index in [4.69, 9.17) is 4.42 Å². The molecule has 6 heteroatoms. The van der Waals surface area contributed by atoms with Crippen molar-refractivity contribution in [3.05, 3.63) is 24.2 Å². The van der Waals surface area contributed by atoms with Gasteiger partial charge in [0.25, 0.3) is 0 Å². The van der Waals surface area contributed by atoms with Crippen LogP contribution in [0.2, 0.25) is 0 Å². The summed E-state index contributed by atoms with van der Waals surface area (Å²) in [7, 11) is -3.11. The van der Waals surface area contributed by atoms with E-state index in [1.54, 1.807) is 11.2 Å². The largest absolute Gasteiger partial charge is 0.467 e. The first-order valence-electron chi connectivity index (χ1n) is 6.87. The fraction of sp³-hybridized carbons (Fsp3) is 0.643. The third-order valence-electron chi connectivity index (χ3n) is 3.74. The second-order valence-corrected chi connectivity index (χ2v) is 7.89. The molecule has 0 aromatic carbocycles. The van der Waals surface area contributed by atoms with Crippen LogP contribution in [0.3, 0.4) is 0 Å². The number of likely N-dealkylation sites (tertiary alicyclic amines) is 1. The lowest BCUT2D eigenvalue weighted by Gasteiger charge is -2.37. The van der Waals surface area contributed by atoms with Crippen LogP contribution in [0.1, 0.15) is 38.0 Å². The number of carbonyl (C=O) groups is 1. The molecule has 0 unspecified atom stereocenters. The SMILES string of the molecule is C[C@@H]1CCN(C(=O)CCS(C)(=O)=O)[C@H](c2ccco2)C1. The van der Waals surface area contributed by atoms with E-state index in [-0.39, 0.29) is 24.1 Å². The van der Waals surface area contributed by atoms with Crippen molar-refractivity contribution in [1.29, 1.82) is 0 Å². The summed E-state index contributed by atoms with van der Waals surface area (Å²) in [6.07, 6.45) is 4.61. The predicted octanol–water partition coefficient (Wildman–Crippen LogP) is 2.01. The number of nitrogens with zero attached hydrogens (tertiary/aromatic N) is 1. The topological polar surface area (TPSA) is 67.6 Å². The van der Waals surface area contributed by atoms with Gasteiger partial charge in [-0.2, -0.15) is 0 Å². The highest BCUT2D eigenvalue weighted by atomic mass is 32.2. The Balaban J connectivity index is 2.09. The number of carbonyl (C=O) groups excluding carboxylic acids is 1. The van der Waals surface area contributed by atoms with E-state index in [2.05, 4.69) is 6.92 Å². The molecule has 2 heterocycles. The predicted molar refractivity (Wildman–Crippen MR) is 75.9 cm³/mol. The third kappa shape index (κ3) is 3.85. The van der Waals surface area contributed by atoms with Crippen LogP contribution in [0.5, 0.6) is 0 Å². The van der Waals surface area contributed by atoms with Gasteiger partial charge in [0.15, 0.2) is 0 Å². The number of piperidine rings is 1. The van der Waals surface area contributed by atoms with Gasteiger partial charge in [-0.1, -0.05) is 6.92 Å². The van der Waals surface area contributed by atoms with Crippen LogP contribution < -0.4 is 0 Å². The van der Waals surface area contributed by atoms with Crippen molar-refractivity contribution < 1.29 is 17.6 Å². The molecular formula is C14H21NO4S. The fourth-order valence-corrected chi connectivity index (χ4v) is 3.15. The Bertz CT molecular complexity index is 550. The van der Waals surface area contributed by atoms with Crippen LogP contribution in [0.4, 0.5) is 0 Å². The minimum absolute atomic E-state index is 0.0461. The van der Waals surface area contributed by atoms with E-state index in [9.17, 15) is 13.2 Å². The van der Waals surface area contributed by atoms with Crippen LogP contribution in [0.15, 0.2) is 22.8 Å². The van der Waals surface area contributed by atoms with Gasteiger partial charge in [-0.15, -0.1) is 0 Å². The molecule has 2 rings (SSSR count). The maximum Gasteiger partial charge on any atom is 0.224 e. The number of hydrogen-bond donors (Lipinski definition) is 0. The highest BCUT2D eigenvalue weighted by molar-refractivity contribution is 7.90. The van der Waals surface area contributed by atoms with E-state index in [1.165, 1.54) is 0 Å². The Hall–Kier alpha value is -1.30. The van der Waals surface area contributed by atoms with Gasteiger partial charge < -0.3 is 9.32 Å². The second kappa shape index (κ2) is 5.99. The average Bonchev–Trinajstić information content (AvgIpc) is 2.88. The fourth-order valence-electron chi connectivity index (χ4n) is 2.61. The van der Waals surface area contributed by atoms with E-state index < -0.39 is 9.84 Å². The monoisotopic (exact) mass is 299 g/mol. The molecule has 5 nitrogen and oxygen atoms in total. The molecule has 0 saturated carbocycles. The molecule has 1 aliphatic heterocycles. The highest BCUT2D eigenvalue weighted by Gasteiger charge is 2.32. The molecule has 1 fully saturated rings. The molecule has 0 radical (unpaired) electrons. The maximum absolute atomic E-state index is 12.3. The molecule has 2 atom stereocenters. The van der Waals surface area contributed by atoms with Crippen molar-refractivity contribution in [1.82, 2.24) is 4.90 Å². The lowest BCUT2D eigenvalue weighted by Crippen LogP contribution is -2.41. The molecule has 0 N–H and O–H groups in total. The molecule has 1 amide bonds. The van der Waals surface area contributed by atoms with E-state index >= 15 is 0 Å². The standard InChI is InChI=1S/C14H21NO4S/c1-11-5-7-15(14(16)6-9-20(2,17)18)12(10-11)13-4-3-8-19-13/h3-4,8,11-12H,5-7,9-10H2,1-2H3/t11-,12+/m1/s1. The number of sulfone groups is 1. The summed E-state index contributed by atoms with van der Waals surface area (Å²) in [5, 5.41) is 0. The Kier molecular flexibility index (Phi) is 4.52. The van der Waals surface area contributed by atoms with Crippen molar-refractivity contribution >= 4 is 15.7 Å². The van der Waals surface area contributed by atoms with Gasteiger partial charge in [0.2, 0.25) is 5.91 Å². The molecule has 20 heavy (non-hydrogen) atoms. The maximum atomic E-state index is 12.3. The average molecular weight is 299 g/mol. The highest BCUT2D eigenvalue weighted by Crippen LogP contribution is 2.34. The zero-order valence-corrected chi connectivity index (χ0v) is 12.7. The third-order valence-corrected chi connectivity index (χ3v) is 4.69. The Morgan fingerprint density at radius 1 is 1.50 bits per heavy atom. The zero-order chi connectivity index (χ0) is 14.8. The van der Waals surface area contributed by atoms with Crippen LogP contribution in [-0.2, 0) is 14.6 Å². The molecule has 1 aromatic rings. The summed E-state index contributed by atoms with van der Waals surface area (Å²) in [4.78, 5) is 14.0. The van der Waals surface area contributed by atoms with Crippen molar-refractivity contribution in [2.75, 3.05) is 18.6 Å². The van der Waals surface area contributed by atoms with Gasteiger partial charge >= 0.3 is 0 Å². The molecule has 0 spiro atoms. The first-order valence-corrected chi connectivity index (χ1v) is 8.93. The Morgan fingerprint density at radius 2 is 2.25 bits per heavy atom. The molecule has 1 aliphatic rings. The van der Waals surface area contributed by atoms with Gasteiger partial charge in [0.05, 0.1) is 18.1 Å². The quantitative estimate of drug-likeness (QED) is 0.853. The number of hydrogen-bond acceptors (Lipinski definition) is 4. The van der Waals surface area contributed by atoms with E-state index in [0.717, 1.165) is 24.9 Å². The number of rotatable bonds is 4. The first-order chi connectivity index (χ1) is 9.37. The van der Waals surface area contributed by atoms with Crippen LogP contribution in [0.25, 0.3) is 0 Å². The van der Waals surface area contributed by atoms with Gasteiger partial charge in [0, 0.05) is 19.2 Å². The van der Waals surface area contributed by atoms with Crippen molar-refractivity contribution in [2.45, 2.75) is 32.2 Å².